The van der Waals surface area contributed by atoms with Gasteiger partial charge >= 0.3 is 0 Å². The molecule has 1 fully saturated rings. The first-order valence-corrected chi connectivity index (χ1v) is 13.7. The van der Waals surface area contributed by atoms with Crippen LogP contribution in [0.5, 0.6) is 5.75 Å². The van der Waals surface area contributed by atoms with Crippen molar-refractivity contribution in [3.8, 4) is 5.75 Å². The lowest BCUT2D eigenvalue weighted by atomic mass is 9.82. The zero-order chi connectivity index (χ0) is 30.2. The number of fused-ring (bicyclic) bond motifs is 1. The highest BCUT2D eigenvalue weighted by Crippen LogP contribution is 2.36. The molecular formula is C30H32F2N4O6. The third-order valence-electron chi connectivity index (χ3n) is 7.91. The van der Waals surface area contributed by atoms with Crippen LogP contribution in [0, 0.1) is 11.6 Å². The molecule has 12 heteroatoms. The molecule has 3 amide bonds. The Morgan fingerprint density at radius 2 is 1.76 bits per heavy atom. The zero-order valence-electron chi connectivity index (χ0n) is 23.6. The van der Waals surface area contributed by atoms with Gasteiger partial charge in [0.1, 0.15) is 29.2 Å². The zero-order valence-corrected chi connectivity index (χ0v) is 23.6. The van der Waals surface area contributed by atoms with E-state index in [4.69, 9.17) is 9.26 Å². The lowest BCUT2D eigenvalue weighted by molar-refractivity contribution is -0.139. The monoisotopic (exact) mass is 582 g/mol. The van der Waals surface area contributed by atoms with E-state index < -0.39 is 40.5 Å². The van der Waals surface area contributed by atoms with Gasteiger partial charge in [-0.2, -0.15) is 5.16 Å². The summed E-state index contributed by atoms with van der Waals surface area (Å²) in [5, 5.41) is 4.69. The highest BCUT2D eigenvalue weighted by Gasteiger charge is 2.40. The van der Waals surface area contributed by atoms with Crippen LogP contribution in [0.3, 0.4) is 0 Å². The second-order valence-corrected chi connectivity index (χ2v) is 11.1. The first-order valence-electron chi connectivity index (χ1n) is 13.7. The number of carbonyl (C=O) groups is 3. The van der Waals surface area contributed by atoms with Crippen LogP contribution in [-0.2, 0) is 32.6 Å². The van der Waals surface area contributed by atoms with Gasteiger partial charge in [0.2, 0.25) is 11.8 Å². The number of anilines is 1. The first kappa shape index (κ1) is 29.0. The van der Waals surface area contributed by atoms with Crippen molar-refractivity contribution in [2.24, 2.45) is 0 Å². The Kier molecular flexibility index (Phi) is 7.89. The maximum absolute atomic E-state index is 15.4. The number of ether oxygens (including phenoxy) is 1. The molecule has 3 heterocycles. The van der Waals surface area contributed by atoms with Crippen molar-refractivity contribution in [3.05, 3.63) is 80.8 Å². The average Bonchev–Trinajstić information content (AvgIpc) is 3.63. The second kappa shape index (κ2) is 11.4. The van der Waals surface area contributed by atoms with Crippen LogP contribution in [-0.4, -0.2) is 59.4 Å². The standard InChI is InChI=1S/C30H32F2N4O6/c1-30(2,29(40)35-9-4-5-10-35)26-22(31)13-18(14-23(26)32)33-28(39)27-21-7-6-19(41-3)12-17(21)8-11-36(27)25(38)16-20-15-24(37)34-42-20/h6-7,12-15,27H,4-5,8-11,16H2,1-3H3,(H,33,39)(H,34,37)/t27-/m1/s1. The third-order valence-corrected chi connectivity index (χ3v) is 7.91. The number of amides is 3. The minimum Gasteiger partial charge on any atom is -0.497 e. The molecule has 1 saturated heterocycles. The maximum Gasteiger partial charge on any atom is 0.280 e. The summed E-state index contributed by atoms with van der Waals surface area (Å²) in [6.45, 7) is 4.22. The fourth-order valence-electron chi connectivity index (χ4n) is 5.82. The Morgan fingerprint density at radius 1 is 1.07 bits per heavy atom. The molecule has 222 valence electrons. The molecule has 2 aliphatic rings. The van der Waals surface area contributed by atoms with Crippen molar-refractivity contribution in [1.82, 2.24) is 15.0 Å². The van der Waals surface area contributed by atoms with E-state index in [2.05, 4.69) is 10.5 Å². The van der Waals surface area contributed by atoms with E-state index in [0.29, 0.717) is 30.8 Å². The van der Waals surface area contributed by atoms with Gasteiger partial charge in [-0.05, 0) is 68.5 Å². The average molecular weight is 583 g/mol. The molecule has 1 atom stereocenters. The van der Waals surface area contributed by atoms with Crippen LogP contribution in [0.1, 0.15) is 55.2 Å². The van der Waals surface area contributed by atoms with E-state index in [9.17, 15) is 19.2 Å². The lowest BCUT2D eigenvalue weighted by Gasteiger charge is -2.36. The predicted molar refractivity (Wildman–Crippen MR) is 148 cm³/mol. The molecule has 1 aromatic heterocycles. The Balaban J connectivity index is 1.44. The first-order chi connectivity index (χ1) is 20.0. The summed E-state index contributed by atoms with van der Waals surface area (Å²) in [6.07, 6.45) is 1.84. The van der Waals surface area contributed by atoms with Gasteiger partial charge in [-0.15, -0.1) is 0 Å². The van der Waals surface area contributed by atoms with E-state index in [1.165, 1.54) is 25.9 Å². The highest BCUT2D eigenvalue weighted by molar-refractivity contribution is 5.99. The summed E-state index contributed by atoms with van der Waals surface area (Å²) >= 11 is 0. The molecule has 2 aliphatic heterocycles. The fourth-order valence-corrected chi connectivity index (χ4v) is 5.82. The maximum atomic E-state index is 15.4. The number of rotatable bonds is 7. The van der Waals surface area contributed by atoms with Gasteiger partial charge in [-0.25, -0.2) is 8.78 Å². The molecule has 0 saturated carbocycles. The highest BCUT2D eigenvalue weighted by atomic mass is 19.1. The van der Waals surface area contributed by atoms with E-state index in [0.717, 1.165) is 36.6 Å². The molecule has 42 heavy (non-hydrogen) atoms. The van der Waals surface area contributed by atoms with Crippen LogP contribution in [0.15, 0.2) is 45.7 Å². The summed E-state index contributed by atoms with van der Waals surface area (Å²) in [6, 6.07) is 7.07. The number of aromatic amines is 1. The van der Waals surface area contributed by atoms with Crippen molar-refractivity contribution in [2.75, 3.05) is 32.1 Å². The number of likely N-dealkylation sites (tertiary alicyclic amines) is 1. The van der Waals surface area contributed by atoms with Gasteiger partial charge in [0.05, 0.1) is 18.9 Å². The molecular weight excluding hydrogens is 550 g/mol. The summed E-state index contributed by atoms with van der Waals surface area (Å²) in [5.74, 6) is -2.78. The quantitative estimate of drug-likeness (QED) is 0.440. The molecule has 0 bridgehead atoms. The molecule has 3 aromatic rings. The summed E-state index contributed by atoms with van der Waals surface area (Å²) in [4.78, 5) is 54.5. The molecule has 0 aliphatic carbocycles. The van der Waals surface area contributed by atoms with Crippen molar-refractivity contribution in [3.63, 3.8) is 0 Å². The van der Waals surface area contributed by atoms with Crippen molar-refractivity contribution >= 4 is 23.4 Å². The van der Waals surface area contributed by atoms with Gasteiger partial charge in [0.25, 0.3) is 11.5 Å². The lowest BCUT2D eigenvalue weighted by Crippen LogP contribution is -2.46. The molecule has 2 aromatic carbocycles. The third kappa shape index (κ3) is 5.53. The normalized spacial score (nSPS) is 16.7. The van der Waals surface area contributed by atoms with Crippen LogP contribution in [0.4, 0.5) is 14.5 Å². The van der Waals surface area contributed by atoms with Crippen LogP contribution in [0.25, 0.3) is 0 Å². The molecule has 0 spiro atoms. The molecule has 5 rings (SSSR count). The van der Waals surface area contributed by atoms with Gasteiger partial charge in [-0.3, -0.25) is 19.2 Å². The Hall–Kier alpha value is -4.48. The number of methoxy groups -OCH3 is 1. The largest absolute Gasteiger partial charge is 0.497 e. The number of halogens is 2. The molecule has 0 radical (unpaired) electrons. The Labute approximate surface area is 240 Å². The summed E-state index contributed by atoms with van der Waals surface area (Å²) in [7, 11) is 1.52. The van der Waals surface area contributed by atoms with Gasteiger partial charge in [0.15, 0.2) is 0 Å². The Morgan fingerprint density at radius 3 is 2.38 bits per heavy atom. The van der Waals surface area contributed by atoms with Gasteiger partial charge in [0, 0.05) is 37.0 Å². The number of hydrogen-bond acceptors (Lipinski definition) is 6. The predicted octanol–water partition coefficient (Wildman–Crippen LogP) is 3.46. The number of H-pyrrole nitrogens is 1. The molecule has 0 unspecified atom stereocenters. The topological polar surface area (TPSA) is 125 Å². The van der Waals surface area contributed by atoms with Gasteiger partial charge in [-0.1, -0.05) is 6.07 Å². The van der Waals surface area contributed by atoms with Crippen molar-refractivity contribution in [1.29, 1.82) is 0 Å². The number of nitrogens with zero attached hydrogens (tertiary/aromatic N) is 2. The number of hydrogen-bond donors (Lipinski definition) is 2. The van der Waals surface area contributed by atoms with Crippen LogP contribution in [0.2, 0.25) is 0 Å². The molecule has 2 N–H and O–H groups in total. The number of nitrogens with one attached hydrogen (secondary N) is 2. The SMILES string of the molecule is COc1ccc2c(c1)CCN(C(=O)Cc1cc(=O)[nH]o1)[C@H]2C(=O)Nc1cc(F)c(C(C)(C)C(=O)N2CCCC2)c(F)c1. The van der Waals surface area contributed by atoms with E-state index in [1.807, 2.05) is 0 Å². The van der Waals surface area contributed by atoms with E-state index >= 15 is 8.78 Å². The van der Waals surface area contributed by atoms with Crippen molar-refractivity contribution in [2.45, 2.75) is 51.0 Å². The minimum absolute atomic E-state index is 0.107. The van der Waals surface area contributed by atoms with Crippen LogP contribution < -0.4 is 15.6 Å². The van der Waals surface area contributed by atoms with E-state index in [1.54, 1.807) is 23.1 Å². The Bertz CT molecular complexity index is 1570. The van der Waals surface area contributed by atoms with Crippen molar-refractivity contribution < 1.29 is 32.4 Å². The smallest absolute Gasteiger partial charge is 0.280 e. The number of carbonyl (C=O) groups excluding carboxylic acids is 3. The molecule has 10 nitrogen and oxygen atoms in total. The van der Waals surface area contributed by atoms with Crippen LogP contribution >= 0.6 is 0 Å². The number of benzene rings is 2. The minimum atomic E-state index is -1.46. The summed E-state index contributed by atoms with van der Waals surface area (Å²) < 4.78 is 41.2. The fraction of sp³-hybridized carbons (Fsp3) is 0.400. The van der Waals surface area contributed by atoms with Gasteiger partial charge < -0.3 is 24.4 Å². The number of aromatic nitrogens is 1. The second-order valence-electron chi connectivity index (χ2n) is 11.1. The summed E-state index contributed by atoms with van der Waals surface area (Å²) in [5.41, 5.74) is -1.19. The van der Waals surface area contributed by atoms with E-state index in [-0.39, 0.29) is 35.9 Å².